The number of hydrogen-bond donors (Lipinski definition) is 1. The number of anilines is 1. The predicted molar refractivity (Wildman–Crippen MR) is 80.5 cm³/mol. The standard InChI is InChI=1S/C16H21N3O2/c1-2-5-15-18-16(19-21-15)17-11-12-8-9-20-14-7-4-3-6-13(14)10-12/h3-4,6-7,12H,2,5,8-11H2,1H3,(H,17,19). The molecule has 1 unspecified atom stereocenters. The van der Waals surface area contributed by atoms with Crippen LogP contribution in [0.25, 0.3) is 0 Å². The molecule has 1 N–H and O–H groups in total. The number of aryl methyl sites for hydroxylation is 1. The van der Waals surface area contributed by atoms with Crippen LogP contribution >= 0.6 is 0 Å². The molecule has 3 rings (SSSR count). The first-order valence-electron chi connectivity index (χ1n) is 7.62. The summed E-state index contributed by atoms with van der Waals surface area (Å²) in [5.74, 6) is 2.83. The zero-order valence-electron chi connectivity index (χ0n) is 12.3. The van der Waals surface area contributed by atoms with Crippen LogP contribution in [0.15, 0.2) is 28.8 Å². The number of rotatable bonds is 5. The fraction of sp³-hybridized carbons (Fsp3) is 0.500. The van der Waals surface area contributed by atoms with Crippen LogP contribution in [0, 0.1) is 5.92 Å². The van der Waals surface area contributed by atoms with Crippen molar-refractivity contribution in [2.75, 3.05) is 18.5 Å². The number of ether oxygens (including phenoxy) is 1. The number of fused-ring (bicyclic) bond motifs is 1. The lowest BCUT2D eigenvalue weighted by Gasteiger charge is -2.13. The molecule has 1 aliphatic rings. The molecular formula is C16H21N3O2. The molecule has 2 heterocycles. The predicted octanol–water partition coefficient (Wildman–Crippen LogP) is 3.08. The van der Waals surface area contributed by atoms with Crippen molar-refractivity contribution in [3.8, 4) is 5.75 Å². The molecule has 0 radical (unpaired) electrons. The van der Waals surface area contributed by atoms with E-state index in [0.29, 0.717) is 17.8 Å². The molecule has 21 heavy (non-hydrogen) atoms. The molecule has 0 spiro atoms. The maximum absolute atomic E-state index is 5.79. The third-order valence-corrected chi connectivity index (χ3v) is 3.75. The monoisotopic (exact) mass is 287 g/mol. The Kier molecular flexibility index (Phi) is 4.38. The van der Waals surface area contributed by atoms with Crippen LogP contribution in [0.4, 0.5) is 5.95 Å². The van der Waals surface area contributed by atoms with Crippen LogP contribution in [0.3, 0.4) is 0 Å². The molecule has 0 saturated heterocycles. The number of hydrogen-bond acceptors (Lipinski definition) is 5. The minimum atomic E-state index is 0.516. The Hall–Kier alpha value is -2.04. The summed E-state index contributed by atoms with van der Waals surface area (Å²) >= 11 is 0. The van der Waals surface area contributed by atoms with Gasteiger partial charge in [0.05, 0.1) is 6.61 Å². The fourth-order valence-electron chi connectivity index (χ4n) is 2.61. The molecule has 2 aromatic rings. The van der Waals surface area contributed by atoms with E-state index in [9.17, 15) is 0 Å². The van der Waals surface area contributed by atoms with Crippen molar-refractivity contribution in [3.05, 3.63) is 35.7 Å². The first-order chi connectivity index (χ1) is 10.3. The van der Waals surface area contributed by atoms with Gasteiger partial charge in [0.2, 0.25) is 5.89 Å². The van der Waals surface area contributed by atoms with Crippen LogP contribution in [-0.2, 0) is 12.8 Å². The van der Waals surface area contributed by atoms with Crippen LogP contribution in [0.2, 0.25) is 0 Å². The Morgan fingerprint density at radius 3 is 3.14 bits per heavy atom. The van der Waals surface area contributed by atoms with Crippen molar-refractivity contribution >= 4 is 5.95 Å². The maximum atomic E-state index is 5.79. The zero-order valence-corrected chi connectivity index (χ0v) is 12.3. The fourth-order valence-corrected chi connectivity index (χ4v) is 2.61. The van der Waals surface area contributed by atoms with E-state index >= 15 is 0 Å². The van der Waals surface area contributed by atoms with Crippen LogP contribution in [-0.4, -0.2) is 23.3 Å². The van der Waals surface area contributed by atoms with E-state index in [2.05, 4.69) is 34.5 Å². The van der Waals surface area contributed by atoms with E-state index in [4.69, 9.17) is 9.26 Å². The second kappa shape index (κ2) is 6.61. The summed E-state index contributed by atoms with van der Waals surface area (Å²) in [4.78, 5) is 4.33. The van der Waals surface area contributed by atoms with E-state index in [1.165, 1.54) is 5.56 Å². The molecule has 5 heteroatoms. The van der Waals surface area contributed by atoms with Crippen LogP contribution in [0.5, 0.6) is 5.75 Å². The average Bonchev–Trinajstić information content (AvgIpc) is 2.83. The first kappa shape index (κ1) is 13.9. The lowest BCUT2D eigenvalue weighted by Crippen LogP contribution is -2.18. The van der Waals surface area contributed by atoms with Crippen LogP contribution in [0.1, 0.15) is 31.2 Å². The zero-order chi connectivity index (χ0) is 14.5. The normalized spacial score (nSPS) is 17.7. The van der Waals surface area contributed by atoms with E-state index in [1.807, 2.05) is 12.1 Å². The van der Waals surface area contributed by atoms with Crippen molar-refractivity contribution in [1.82, 2.24) is 10.1 Å². The first-order valence-corrected chi connectivity index (χ1v) is 7.62. The van der Waals surface area contributed by atoms with E-state index in [0.717, 1.165) is 44.6 Å². The highest BCUT2D eigenvalue weighted by Gasteiger charge is 2.18. The van der Waals surface area contributed by atoms with Gasteiger partial charge < -0.3 is 14.6 Å². The highest BCUT2D eigenvalue weighted by atomic mass is 16.5. The van der Waals surface area contributed by atoms with Crippen molar-refractivity contribution in [2.24, 2.45) is 5.92 Å². The van der Waals surface area contributed by atoms with Crippen molar-refractivity contribution in [1.29, 1.82) is 0 Å². The highest BCUT2D eigenvalue weighted by Crippen LogP contribution is 2.26. The van der Waals surface area contributed by atoms with Crippen molar-refractivity contribution in [2.45, 2.75) is 32.6 Å². The molecule has 0 aliphatic carbocycles. The summed E-state index contributed by atoms with van der Waals surface area (Å²) < 4.78 is 11.0. The maximum Gasteiger partial charge on any atom is 0.263 e. The Morgan fingerprint density at radius 1 is 1.33 bits per heavy atom. The number of nitrogens with zero attached hydrogens (tertiary/aromatic N) is 2. The molecule has 0 fully saturated rings. The van der Waals surface area contributed by atoms with Crippen LogP contribution < -0.4 is 10.1 Å². The van der Waals surface area contributed by atoms with Gasteiger partial charge in [-0.25, -0.2) is 0 Å². The molecule has 1 aliphatic heterocycles. The van der Waals surface area contributed by atoms with Gasteiger partial charge in [0.1, 0.15) is 5.75 Å². The molecule has 112 valence electrons. The minimum Gasteiger partial charge on any atom is -0.493 e. The molecular weight excluding hydrogens is 266 g/mol. The molecule has 0 amide bonds. The third-order valence-electron chi connectivity index (χ3n) is 3.75. The minimum absolute atomic E-state index is 0.516. The summed E-state index contributed by atoms with van der Waals surface area (Å²) in [5, 5.41) is 7.24. The largest absolute Gasteiger partial charge is 0.493 e. The smallest absolute Gasteiger partial charge is 0.263 e. The Bertz CT molecular complexity index is 582. The summed E-state index contributed by atoms with van der Waals surface area (Å²) in [6, 6.07) is 8.27. The summed E-state index contributed by atoms with van der Waals surface area (Å²) in [5.41, 5.74) is 1.28. The molecule has 1 aromatic carbocycles. The van der Waals surface area contributed by atoms with Crippen molar-refractivity contribution < 1.29 is 9.26 Å². The molecule has 1 aromatic heterocycles. The number of para-hydroxylation sites is 1. The summed E-state index contributed by atoms with van der Waals surface area (Å²) in [6.07, 6.45) is 3.89. The van der Waals surface area contributed by atoms with Gasteiger partial charge in [0.25, 0.3) is 5.95 Å². The lowest BCUT2D eigenvalue weighted by molar-refractivity contribution is 0.298. The van der Waals surface area contributed by atoms with Gasteiger partial charge in [-0.05, 0) is 42.0 Å². The second-order valence-corrected chi connectivity index (χ2v) is 5.46. The SMILES string of the molecule is CCCc1nc(NCC2CCOc3ccccc3C2)no1. The Labute approximate surface area is 124 Å². The molecule has 0 bridgehead atoms. The number of nitrogens with one attached hydrogen (secondary N) is 1. The molecule has 1 atom stereocenters. The van der Waals surface area contributed by atoms with Crippen molar-refractivity contribution in [3.63, 3.8) is 0 Å². The topological polar surface area (TPSA) is 60.2 Å². The Balaban J connectivity index is 1.57. The lowest BCUT2D eigenvalue weighted by atomic mass is 9.97. The van der Waals surface area contributed by atoms with Gasteiger partial charge in [0, 0.05) is 13.0 Å². The van der Waals surface area contributed by atoms with E-state index in [1.54, 1.807) is 0 Å². The third kappa shape index (κ3) is 3.54. The van der Waals surface area contributed by atoms with Gasteiger partial charge >= 0.3 is 0 Å². The van der Waals surface area contributed by atoms with Gasteiger partial charge in [-0.2, -0.15) is 4.98 Å². The quantitative estimate of drug-likeness (QED) is 0.915. The second-order valence-electron chi connectivity index (χ2n) is 5.46. The number of benzene rings is 1. The van der Waals surface area contributed by atoms with Gasteiger partial charge in [0.15, 0.2) is 0 Å². The van der Waals surface area contributed by atoms with Gasteiger partial charge in [-0.15, -0.1) is 0 Å². The molecule has 5 nitrogen and oxygen atoms in total. The summed E-state index contributed by atoms with van der Waals surface area (Å²) in [7, 11) is 0. The Morgan fingerprint density at radius 2 is 2.24 bits per heavy atom. The van der Waals surface area contributed by atoms with E-state index < -0.39 is 0 Å². The summed E-state index contributed by atoms with van der Waals surface area (Å²) in [6.45, 7) is 3.69. The number of aromatic nitrogens is 2. The van der Waals surface area contributed by atoms with Gasteiger partial charge in [-0.3, -0.25) is 0 Å². The average molecular weight is 287 g/mol. The van der Waals surface area contributed by atoms with Gasteiger partial charge in [-0.1, -0.05) is 25.1 Å². The highest BCUT2D eigenvalue weighted by molar-refractivity contribution is 5.34. The molecule has 0 saturated carbocycles. The van der Waals surface area contributed by atoms with E-state index in [-0.39, 0.29) is 0 Å².